The van der Waals surface area contributed by atoms with Crippen LogP contribution < -0.4 is 0 Å². The number of fused-ring (bicyclic) bond motifs is 1. The van der Waals surface area contributed by atoms with Gasteiger partial charge in [0.15, 0.2) is 0 Å². The van der Waals surface area contributed by atoms with Crippen molar-refractivity contribution in [2.24, 2.45) is 0 Å². The number of aromatic nitrogens is 2. The molecule has 0 saturated heterocycles. The van der Waals surface area contributed by atoms with E-state index in [0.717, 1.165) is 28.6 Å². The van der Waals surface area contributed by atoms with Crippen LogP contribution in [0, 0.1) is 11.8 Å². The first-order valence-electron chi connectivity index (χ1n) is 4.81. The molecule has 1 aromatic carbocycles. The molecule has 80 valence electrons. The lowest BCUT2D eigenvalue weighted by Gasteiger charge is -1.98. The molecule has 0 aliphatic carbocycles. The Balaban J connectivity index is 2.44. The van der Waals surface area contributed by atoms with E-state index in [9.17, 15) is 0 Å². The van der Waals surface area contributed by atoms with Crippen LogP contribution in [-0.2, 0) is 0 Å². The summed E-state index contributed by atoms with van der Waals surface area (Å²) in [6, 6.07) is 5.73. The summed E-state index contributed by atoms with van der Waals surface area (Å²) in [6.07, 6.45) is 2.23. The molecule has 16 heavy (non-hydrogen) atoms. The summed E-state index contributed by atoms with van der Waals surface area (Å²) in [5, 5.41) is 1.30. The van der Waals surface area contributed by atoms with Crippen molar-refractivity contribution in [3.63, 3.8) is 0 Å². The predicted octanol–water partition coefficient (Wildman–Crippen LogP) is 2.95. The lowest BCUT2D eigenvalue weighted by molar-refractivity contribution is 1.22. The van der Waals surface area contributed by atoms with Crippen molar-refractivity contribution in [1.29, 1.82) is 0 Å². The number of benzene rings is 1. The Morgan fingerprint density at radius 1 is 1.31 bits per heavy atom. The second-order valence-electron chi connectivity index (χ2n) is 3.17. The fourth-order valence-electron chi connectivity index (χ4n) is 1.32. The maximum absolute atomic E-state index is 5.98. The summed E-state index contributed by atoms with van der Waals surface area (Å²) in [5.74, 6) is 6.85. The lowest BCUT2D eigenvalue weighted by atomic mass is 10.1. The highest BCUT2D eigenvalue weighted by Crippen LogP contribution is 2.19. The molecule has 1 heterocycles. The highest BCUT2D eigenvalue weighted by Gasteiger charge is 2.00. The van der Waals surface area contributed by atoms with Crippen LogP contribution in [0.5, 0.6) is 0 Å². The highest BCUT2D eigenvalue weighted by atomic mass is 35.5. The summed E-state index contributed by atoms with van der Waals surface area (Å²) < 4.78 is 0. The molecule has 4 heteroatoms. The van der Waals surface area contributed by atoms with Crippen molar-refractivity contribution in [3.05, 3.63) is 35.2 Å². The zero-order valence-electron chi connectivity index (χ0n) is 8.44. The average molecular weight is 249 g/mol. The number of thiol groups is 1. The standard InChI is InChI=1S/C12H9ClN2S/c13-12-10-7-9(3-1-2-6-16)4-5-11(10)14-8-15-12/h4-5,7-8,16H,2,6H2. The van der Waals surface area contributed by atoms with E-state index in [-0.39, 0.29) is 0 Å². The zero-order valence-corrected chi connectivity index (χ0v) is 10.1. The maximum atomic E-state index is 5.98. The van der Waals surface area contributed by atoms with Gasteiger partial charge in [-0.25, -0.2) is 9.97 Å². The monoisotopic (exact) mass is 248 g/mol. The number of hydrogen-bond donors (Lipinski definition) is 1. The fourth-order valence-corrected chi connectivity index (χ4v) is 1.63. The topological polar surface area (TPSA) is 25.8 Å². The normalized spacial score (nSPS) is 9.88. The minimum Gasteiger partial charge on any atom is -0.236 e. The minimum absolute atomic E-state index is 0.461. The molecule has 1 aromatic heterocycles. The Hall–Kier alpha value is -1.24. The van der Waals surface area contributed by atoms with E-state index in [4.69, 9.17) is 11.6 Å². The highest BCUT2D eigenvalue weighted by molar-refractivity contribution is 7.80. The van der Waals surface area contributed by atoms with E-state index in [2.05, 4.69) is 34.4 Å². The summed E-state index contributed by atoms with van der Waals surface area (Å²) >= 11 is 10.1. The quantitative estimate of drug-likeness (QED) is 0.477. The second kappa shape index (κ2) is 5.20. The van der Waals surface area contributed by atoms with Crippen molar-refractivity contribution < 1.29 is 0 Å². The first-order chi connectivity index (χ1) is 7.81. The van der Waals surface area contributed by atoms with Crippen molar-refractivity contribution in [3.8, 4) is 11.8 Å². The van der Waals surface area contributed by atoms with Crippen LogP contribution in [0.1, 0.15) is 12.0 Å². The number of hydrogen-bond acceptors (Lipinski definition) is 3. The van der Waals surface area contributed by atoms with Crippen LogP contribution in [-0.4, -0.2) is 15.7 Å². The van der Waals surface area contributed by atoms with Crippen LogP contribution in [0.3, 0.4) is 0 Å². The van der Waals surface area contributed by atoms with Crippen LogP contribution >= 0.6 is 24.2 Å². The van der Waals surface area contributed by atoms with E-state index in [1.165, 1.54) is 6.33 Å². The third-order valence-corrected chi connectivity index (χ3v) is 2.58. The first-order valence-corrected chi connectivity index (χ1v) is 5.82. The Labute approximate surface area is 104 Å². The molecule has 0 unspecified atom stereocenters. The molecule has 0 radical (unpaired) electrons. The molecule has 0 fully saturated rings. The number of nitrogens with zero attached hydrogens (tertiary/aromatic N) is 2. The molecule has 0 atom stereocenters. The SMILES string of the molecule is SCCC#Cc1ccc2ncnc(Cl)c2c1. The molecule has 0 aliphatic rings. The first kappa shape index (κ1) is 11.3. The molecule has 0 amide bonds. The van der Waals surface area contributed by atoms with E-state index >= 15 is 0 Å². The van der Waals surface area contributed by atoms with E-state index in [1.54, 1.807) is 0 Å². The smallest absolute Gasteiger partial charge is 0.140 e. The summed E-state index contributed by atoms with van der Waals surface area (Å²) in [5.41, 5.74) is 1.76. The van der Waals surface area contributed by atoms with Gasteiger partial charge in [-0.05, 0) is 18.2 Å². The van der Waals surface area contributed by atoms with Gasteiger partial charge in [0.2, 0.25) is 0 Å². The summed E-state index contributed by atoms with van der Waals surface area (Å²) in [4.78, 5) is 8.06. The Bertz CT molecular complexity index is 572. The molecule has 0 aliphatic heterocycles. The molecule has 0 N–H and O–H groups in total. The van der Waals surface area contributed by atoms with Crippen LogP contribution in [0.4, 0.5) is 0 Å². The van der Waals surface area contributed by atoms with Crippen LogP contribution in [0.2, 0.25) is 5.15 Å². The summed E-state index contributed by atoms with van der Waals surface area (Å²) in [7, 11) is 0. The van der Waals surface area contributed by atoms with Crippen LogP contribution in [0.15, 0.2) is 24.5 Å². The predicted molar refractivity (Wildman–Crippen MR) is 69.9 cm³/mol. The van der Waals surface area contributed by atoms with E-state index in [0.29, 0.717) is 5.15 Å². The maximum Gasteiger partial charge on any atom is 0.140 e. The van der Waals surface area contributed by atoms with Gasteiger partial charge in [-0.2, -0.15) is 12.6 Å². The van der Waals surface area contributed by atoms with Gasteiger partial charge in [-0.15, -0.1) is 0 Å². The Kier molecular flexibility index (Phi) is 3.66. The third kappa shape index (κ3) is 2.46. The van der Waals surface area contributed by atoms with Gasteiger partial charge in [-0.1, -0.05) is 23.4 Å². The largest absolute Gasteiger partial charge is 0.236 e. The third-order valence-electron chi connectivity index (χ3n) is 2.06. The molecule has 0 spiro atoms. The average Bonchev–Trinajstić information content (AvgIpc) is 2.30. The molecular formula is C12H9ClN2S. The van der Waals surface area contributed by atoms with Gasteiger partial charge in [0.05, 0.1) is 5.52 Å². The Morgan fingerprint density at radius 2 is 2.19 bits per heavy atom. The van der Waals surface area contributed by atoms with Gasteiger partial charge in [0.1, 0.15) is 11.5 Å². The lowest BCUT2D eigenvalue weighted by Crippen LogP contribution is -1.84. The van der Waals surface area contributed by atoms with Gasteiger partial charge in [-0.3, -0.25) is 0 Å². The van der Waals surface area contributed by atoms with Crippen molar-refractivity contribution >= 4 is 35.1 Å². The number of rotatable bonds is 1. The molecule has 2 aromatic rings. The number of halogens is 1. The van der Waals surface area contributed by atoms with E-state index < -0.39 is 0 Å². The fraction of sp³-hybridized carbons (Fsp3) is 0.167. The van der Waals surface area contributed by atoms with Gasteiger partial charge in [0.25, 0.3) is 0 Å². The zero-order chi connectivity index (χ0) is 11.4. The summed E-state index contributed by atoms with van der Waals surface area (Å²) in [6.45, 7) is 0. The molecule has 0 saturated carbocycles. The second-order valence-corrected chi connectivity index (χ2v) is 3.98. The van der Waals surface area contributed by atoms with Crippen LogP contribution in [0.25, 0.3) is 10.9 Å². The Morgan fingerprint density at radius 3 is 3.00 bits per heavy atom. The van der Waals surface area contributed by atoms with Crippen molar-refractivity contribution in [2.75, 3.05) is 5.75 Å². The van der Waals surface area contributed by atoms with Crippen molar-refractivity contribution in [1.82, 2.24) is 9.97 Å². The van der Waals surface area contributed by atoms with Crippen molar-refractivity contribution in [2.45, 2.75) is 6.42 Å². The van der Waals surface area contributed by atoms with Gasteiger partial charge >= 0.3 is 0 Å². The van der Waals surface area contributed by atoms with Gasteiger partial charge < -0.3 is 0 Å². The van der Waals surface area contributed by atoms with Gasteiger partial charge in [0, 0.05) is 23.1 Å². The molecule has 2 rings (SSSR count). The van der Waals surface area contributed by atoms with E-state index in [1.807, 2.05) is 18.2 Å². The molecule has 0 bridgehead atoms. The minimum atomic E-state index is 0.461. The molecule has 2 nitrogen and oxygen atoms in total. The molecular weight excluding hydrogens is 240 g/mol.